The number of rotatable bonds is 4. The maximum Gasteiger partial charge on any atom is 0.350 e. The second-order valence-corrected chi connectivity index (χ2v) is 6.44. The molecular weight excluding hydrogens is 286 g/mol. The zero-order valence-corrected chi connectivity index (χ0v) is 13.3. The molecule has 0 radical (unpaired) electrons. The second kappa shape index (κ2) is 6.81. The Morgan fingerprint density at radius 2 is 2.14 bits per heavy atom. The Hall–Kier alpha value is -1.74. The van der Waals surface area contributed by atoms with E-state index in [0.29, 0.717) is 21.5 Å². The topological polar surface area (TPSA) is 88.1 Å². The van der Waals surface area contributed by atoms with Crippen LogP contribution < -0.4 is 11.1 Å². The minimum Gasteiger partial charge on any atom is -0.465 e. The Bertz CT molecular complexity index is 554. The number of nitrogens with two attached hydrogens (primary N) is 1. The highest BCUT2D eigenvalue weighted by Gasteiger charge is 2.25. The number of nitrogen functional groups attached to an aromatic ring is 1. The molecule has 1 fully saturated rings. The third kappa shape index (κ3) is 3.30. The third-order valence-electron chi connectivity index (χ3n) is 4.19. The summed E-state index contributed by atoms with van der Waals surface area (Å²) < 4.78 is 4.70. The smallest absolute Gasteiger partial charge is 0.350 e. The molecule has 0 atom stereocenters. The minimum absolute atomic E-state index is 0.221. The SMILES string of the molecule is CCC1CCC(Nc2sc(C(=O)OC)c(N)c2C#N)CC1. The molecule has 1 heterocycles. The van der Waals surface area contributed by atoms with Gasteiger partial charge in [0, 0.05) is 6.04 Å². The highest BCUT2D eigenvalue weighted by Crippen LogP contribution is 2.37. The molecule has 0 spiro atoms. The van der Waals surface area contributed by atoms with Crippen molar-refractivity contribution in [3.63, 3.8) is 0 Å². The van der Waals surface area contributed by atoms with Gasteiger partial charge in [0.25, 0.3) is 0 Å². The summed E-state index contributed by atoms with van der Waals surface area (Å²) in [6.07, 6.45) is 5.83. The summed E-state index contributed by atoms with van der Waals surface area (Å²) in [5, 5.41) is 13.3. The standard InChI is InChI=1S/C15H21N3O2S/c1-3-9-4-6-10(7-5-9)18-14-11(8-16)12(17)13(21-14)15(19)20-2/h9-10,18H,3-7,17H2,1-2H3. The third-order valence-corrected chi connectivity index (χ3v) is 5.30. The van der Waals surface area contributed by atoms with Crippen LogP contribution in [0.15, 0.2) is 0 Å². The summed E-state index contributed by atoms with van der Waals surface area (Å²) in [5.74, 6) is 0.328. The fraction of sp³-hybridized carbons (Fsp3) is 0.600. The van der Waals surface area contributed by atoms with Crippen LogP contribution in [0.3, 0.4) is 0 Å². The maximum atomic E-state index is 11.7. The number of ether oxygens (including phenoxy) is 1. The Morgan fingerprint density at radius 1 is 1.48 bits per heavy atom. The number of hydrogen-bond donors (Lipinski definition) is 2. The van der Waals surface area contributed by atoms with Crippen LogP contribution in [0.5, 0.6) is 0 Å². The van der Waals surface area contributed by atoms with E-state index in [4.69, 9.17) is 10.5 Å². The molecule has 1 aromatic heterocycles. The van der Waals surface area contributed by atoms with Crippen LogP contribution in [0.4, 0.5) is 10.7 Å². The average molecular weight is 307 g/mol. The first kappa shape index (κ1) is 15.6. The van der Waals surface area contributed by atoms with Gasteiger partial charge < -0.3 is 15.8 Å². The molecule has 21 heavy (non-hydrogen) atoms. The van der Waals surface area contributed by atoms with E-state index in [1.807, 2.05) is 0 Å². The van der Waals surface area contributed by atoms with Crippen LogP contribution in [0.25, 0.3) is 0 Å². The number of nitrogens with one attached hydrogen (secondary N) is 1. The predicted octanol–water partition coefficient (Wildman–Crippen LogP) is 3.37. The van der Waals surface area contributed by atoms with Crippen molar-refractivity contribution in [3.05, 3.63) is 10.4 Å². The Morgan fingerprint density at radius 3 is 2.67 bits per heavy atom. The van der Waals surface area contributed by atoms with Gasteiger partial charge in [-0.2, -0.15) is 5.26 Å². The van der Waals surface area contributed by atoms with Crippen LogP contribution in [0.1, 0.15) is 54.3 Å². The molecule has 0 amide bonds. The van der Waals surface area contributed by atoms with Gasteiger partial charge in [0.2, 0.25) is 0 Å². The lowest BCUT2D eigenvalue weighted by atomic mass is 9.84. The number of esters is 1. The maximum absolute atomic E-state index is 11.7. The molecule has 0 saturated heterocycles. The lowest BCUT2D eigenvalue weighted by Gasteiger charge is -2.28. The Kier molecular flexibility index (Phi) is 5.07. The molecule has 2 rings (SSSR count). The van der Waals surface area contributed by atoms with Gasteiger partial charge in [-0.25, -0.2) is 4.79 Å². The first-order valence-electron chi connectivity index (χ1n) is 7.27. The molecule has 5 nitrogen and oxygen atoms in total. The van der Waals surface area contributed by atoms with Crippen molar-refractivity contribution < 1.29 is 9.53 Å². The van der Waals surface area contributed by atoms with E-state index in [1.54, 1.807) is 0 Å². The number of thiophene rings is 1. The largest absolute Gasteiger partial charge is 0.465 e. The molecule has 0 unspecified atom stereocenters. The first-order valence-corrected chi connectivity index (χ1v) is 8.09. The molecule has 114 valence electrons. The molecule has 0 aliphatic heterocycles. The van der Waals surface area contributed by atoms with Gasteiger partial charge >= 0.3 is 5.97 Å². The molecule has 6 heteroatoms. The van der Waals surface area contributed by atoms with Crippen LogP contribution >= 0.6 is 11.3 Å². The average Bonchev–Trinajstić information content (AvgIpc) is 2.83. The summed E-state index contributed by atoms with van der Waals surface area (Å²) in [5.41, 5.74) is 6.47. The van der Waals surface area contributed by atoms with Gasteiger partial charge in [-0.15, -0.1) is 11.3 Å². The lowest BCUT2D eigenvalue weighted by Crippen LogP contribution is -2.25. The molecule has 1 saturated carbocycles. The van der Waals surface area contributed by atoms with E-state index in [9.17, 15) is 10.1 Å². The van der Waals surface area contributed by atoms with E-state index in [-0.39, 0.29) is 5.69 Å². The molecule has 0 aromatic carbocycles. The number of methoxy groups -OCH3 is 1. The van der Waals surface area contributed by atoms with Crippen molar-refractivity contribution in [2.75, 3.05) is 18.2 Å². The number of nitrogens with zero attached hydrogens (tertiary/aromatic N) is 1. The van der Waals surface area contributed by atoms with E-state index in [1.165, 1.54) is 37.7 Å². The van der Waals surface area contributed by atoms with Crippen molar-refractivity contribution in [2.45, 2.75) is 45.1 Å². The van der Waals surface area contributed by atoms with E-state index in [2.05, 4.69) is 18.3 Å². The van der Waals surface area contributed by atoms with Crippen molar-refractivity contribution in [3.8, 4) is 6.07 Å². The van der Waals surface area contributed by atoms with Gasteiger partial charge in [0.1, 0.15) is 21.5 Å². The van der Waals surface area contributed by atoms with Gasteiger partial charge in [-0.05, 0) is 31.6 Å². The fourth-order valence-corrected chi connectivity index (χ4v) is 3.87. The Labute approximate surface area is 129 Å². The lowest BCUT2D eigenvalue weighted by molar-refractivity contribution is 0.0607. The quantitative estimate of drug-likeness (QED) is 0.833. The number of carbonyl (C=O) groups is 1. The van der Waals surface area contributed by atoms with Crippen LogP contribution in [0.2, 0.25) is 0 Å². The normalized spacial score (nSPS) is 21.6. The molecule has 1 aliphatic carbocycles. The van der Waals surface area contributed by atoms with E-state index < -0.39 is 5.97 Å². The molecule has 0 bridgehead atoms. The van der Waals surface area contributed by atoms with Crippen LogP contribution in [-0.4, -0.2) is 19.1 Å². The molecule has 1 aliphatic rings. The summed E-state index contributed by atoms with van der Waals surface area (Å²) in [6.45, 7) is 2.23. The van der Waals surface area contributed by atoms with Crippen molar-refractivity contribution in [1.82, 2.24) is 0 Å². The highest BCUT2D eigenvalue weighted by atomic mass is 32.1. The fourth-order valence-electron chi connectivity index (χ4n) is 2.80. The minimum atomic E-state index is -0.489. The summed E-state index contributed by atoms with van der Waals surface area (Å²) in [6, 6.07) is 2.44. The summed E-state index contributed by atoms with van der Waals surface area (Å²) >= 11 is 1.21. The van der Waals surface area contributed by atoms with Crippen molar-refractivity contribution >= 4 is 28.0 Å². The first-order chi connectivity index (χ1) is 10.1. The van der Waals surface area contributed by atoms with Gasteiger partial charge in [-0.1, -0.05) is 13.3 Å². The number of nitriles is 1. The Balaban J connectivity index is 2.13. The van der Waals surface area contributed by atoms with Crippen LogP contribution in [0, 0.1) is 17.2 Å². The monoisotopic (exact) mass is 307 g/mol. The number of hydrogen-bond acceptors (Lipinski definition) is 6. The van der Waals surface area contributed by atoms with Crippen molar-refractivity contribution in [2.24, 2.45) is 5.92 Å². The van der Waals surface area contributed by atoms with Gasteiger partial charge in [-0.3, -0.25) is 0 Å². The zero-order valence-electron chi connectivity index (χ0n) is 12.4. The zero-order chi connectivity index (χ0) is 15.4. The van der Waals surface area contributed by atoms with Crippen molar-refractivity contribution in [1.29, 1.82) is 5.26 Å². The van der Waals surface area contributed by atoms with Gasteiger partial charge in [0.15, 0.2) is 0 Å². The van der Waals surface area contributed by atoms with Gasteiger partial charge in [0.05, 0.1) is 12.8 Å². The summed E-state index contributed by atoms with van der Waals surface area (Å²) in [7, 11) is 1.31. The van der Waals surface area contributed by atoms with E-state index in [0.717, 1.165) is 18.8 Å². The number of carbonyl (C=O) groups excluding carboxylic acids is 1. The van der Waals surface area contributed by atoms with E-state index >= 15 is 0 Å². The molecule has 3 N–H and O–H groups in total. The molecular formula is C15H21N3O2S. The summed E-state index contributed by atoms with van der Waals surface area (Å²) in [4.78, 5) is 12.0. The predicted molar refractivity (Wildman–Crippen MR) is 84.4 cm³/mol. The van der Waals surface area contributed by atoms with Crippen LogP contribution in [-0.2, 0) is 4.74 Å². The second-order valence-electron chi connectivity index (χ2n) is 5.42. The molecule has 1 aromatic rings. The number of anilines is 2. The highest BCUT2D eigenvalue weighted by molar-refractivity contribution is 7.18.